The molecule has 0 saturated heterocycles. The Balaban J connectivity index is 4.65. The first-order chi connectivity index (χ1) is 7.68. The van der Waals surface area contributed by atoms with E-state index in [1.807, 2.05) is 0 Å². The average Bonchev–Trinajstić information content (AvgIpc) is 2.14. The van der Waals surface area contributed by atoms with Crippen LogP contribution in [0.3, 0.4) is 0 Å². The molecule has 5 nitrogen and oxygen atoms in total. The van der Waals surface area contributed by atoms with Gasteiger partial charge < -0.3 is 10.1 Å². The summed E-state index contributed by atoms with van der Waals surface area (Å²) in [6, 6.07) is -1.61. The van der Waals surface area contributed by atoms with Crippen molar-refractivity contribution < 1.29 is 32.3 Å². The van der Waals surface area contributed by atoms with Gasteiger partial charge in [0.15, 0.2) is 0 Å². The monoisotopic (exact) mass is 255 g/mol. The standard InChI is InChI=1S/C9H12F3NO4/c1-3-17-7(15)6(4-5(2)14)13-8(16)9(10,11)12/h6H,3-4H2,1-2H3,(H,13,16)/t6-/m1/s1. The molecule has 0 bridgehead atoms. The zero-order valence-corrected chi connectivity index (χ0v) is 9.26. The first-order valence-electron chi connectivity index (χ1n) is 4.72. The molecular weight excluding hydrogens is 243 g/mol. The van der Waals surface area contributed by atoms with Crippen molar-refractivity contribution in [3.05, 3.63) is 0 Å². The Morgan fingerprint density at radius 1 is 1.29 bits per heavy atom. The van der Waals surface area contributed by atoms with E-state index in [-0.39, 0.29) is 6.61 Å². The number of rotatable bonds is 5. The number of alkyl halides is 3. The summed E-state index contributed by atoms with van der Waals surface area (Å²) in [4.78, 5) is 32.5. The first-order valence-corrected chi connectivity index (χ1v) is 4.72. The molecule has 0 aliphatic carbocycles. The van der Waals surface area contributed by atoms with Crippen molar-refractivity contribution in [3.8, 4) is 0 Å². The number of hydrogen-bond donors (Lipinski definition) is 1. The lowest BCUT2D eigenvalue weighted by Gasteiger charge is -2.16. The summed E-state index contributed by atoms with van der Waals surface area (Å²) < 4.78 is 40.3. The van der Waals surface area contributed by atoms with Crippen LogP contribution < -0.4 is 5.32 Å². The quantitative estimate of drug-likeness (QED) is 0.729. The van der Waals surface area contributed by atoms with Crippen molar-refractivity contribution in [2.45, 2.75) is 32.5 Å². The van der Waals surface area contributed by atoms with Crippen molar-refractivity contribution >= 4 is 17.7 Å². The number of Topliss-reactive ketones (excluding diaryl/α,β-unsaturated/α-hetero) is 1. The maximum absolute atomic E-state index is 11.9. The maximum Gasteiger partial charge on any atom is 0.471 e. The predicted molar refractivity (Wildman–Crippen MR) is 49.9 cm³/mol. The van der Waals surface area contributed by atoms with Crippen LogP contribution in [-0.2, 0) is 19.1 Å². The second-order valence-corrected chi connectivity index (χ2v) is 3.18. The van der Waals surface area contributed by atoms with E-state index in [1.165, 1.54) is 12.2 Å². The number of halogens is 3. The number of amides is 1. The molecule has 8 heteroatoms. The van der Waals surface area contributed by atoms with Gasteiger partial charge in [0.2, 0.25) is 0 Å². The first kappa shape index (κ1) is 15.4. The molecule has 1 atom stereocenters. The number of ether oxygens (including phenoxy) is 1. The Labute approximate surface area is 95.3 Å². The van der Waals surface area contributed by atoms with Gasteiger partial charge in [0, 0.05) is 6.42 Å². The molecule has 17 heavy (non-hydrogen) atoms. The van der Waals surface area contributed by atoms with Crippen LogP contribution in [-0.4, -0.2) is 36.5 Å². The Hall–Kier alpha value is -1.60. The number of ketones is 1. The van der Waals surface area contributed by atoms with Crippen molar-refractivity contribution in [3.63, 3.8) is 0 Å². The molecule has 0 rings (SSSR count). The second-order valence-electron chi connectivity index (χ2n) is 3.18. The van der Waals surface area contributed by atoms with Crippen LogP contribution in [0, 0.1) is 0 Å². The van der Waals surface area contributed by atoms with E-state index in [9.17, 15) is 27.6 Å². The molecule has 0 aromatic rings. The van der Waals surface area contributed by atoms with E-state index in [0.717, 1.165) is 6.92 Å². The third-order valence-corrected chi connectivity index (χ3v) is 1.63. The summed E-state index contributed by atoms with van der Waals surface area (Å²) in [7, 11) is 0. The summed E-state index contributed by atoms with van der Waals surface area (Å²) in [5, 5.41) is 1.41. The smallest absolute Gasteiger partial charge is 0.464 e. The lowest BCUT2D eigenvalue weighted by atomic mass is 10.1. The van der Waals surface area contributed by atoms with Gasteiger partial charge in [-0.05, 0) is 13.8 Å². The zero-order chi connectivity index (χ0) is 13.6. The number of esters is 1. The normalized spacial score (nSPS) is 12.8. The fourth-order valence-electron chi connectivity index (χ4n) is 0.964. The average molecular weight is 255 g/mol. The van der Waals surface area contributed by atoms with Gasteiger partial charge in [0.25, 0.3) is 0 Å². The van der Waals surface area contributed by atoms with Crippen LogP contribution in [0.15, 0.2) is 0 Å². The number of nitrogens with one attached hydrogen (secondary N) is 1. The molecule has 0 aromatic carbocycles. The van der Waals surface area contributed by atoms with Gasteiger partial charge in [-0.25, -0.2) is 4.79 Å². The van der Waals surface area contributed by atoms with Gasteiger partial charge in [-0.3, -0.25) is 9.59 Å². The summed E-state index contributed by atoms with van der Waals surface area (Å²) in [5.74, 6) is -3.89. The molecule has 0 aromatic heterocycles. The van der Waals surface area contributed by atoms with Crippen LogP contribution >= 0.6 is 0 Å². The molecule has 0 saturated carbocycles. The molecule has 1 amide bonds. The Morgan fingerprint density at radius 3 is 2.18 bits per heavy atom. The van der Waals surface area contributed by atoms with Gasteiger partial charge in [0.1, 0.15) is 11.8 Å². The molecule has 0 radical (unpaired) electrons. The Bertz CT molecular complexity index is 314. The zero-order valence-electron chi connectivity index (χ0n) is 9.26. The highest BCUT2D eigenvalue weighted by Gasteiger charge is 2.41. The summed E-state index contributed by atoms with van der Waals surface area (Å²) >= 11 is 0. The fourth-order valence-corrected chi connectivity index (χ4v) is 0.964. The number of carbonyl (C=O) groups is 3. The highest BCUT2D eigenvalue weighted by molar-refractivity contribution is 5.91. The van der Waals surface area contributed by atoms with Gasteiger partial charge in [-0.15, -0.1) is 0 Å². The van der Waals surface area contributed by atoms with Gasteiger partial charge in [0.05, 0.1) is 6.61 Å². The van der Waals surface area contributed by atoms with E-state index in [0.29, 0.717) is 0 Å². The van der Waals surface area contributed by atoms with Crippen molar-refractivity contribution in [1.29, 1.82) is 0 Å². The van der Waals surface area contributed by atoms with Crippen LogP contribution in [0.1, 0.15) is 20.3 Å². The van der Waals surface area contributed by atoms with E-state index >= 15 is 0 Å². The summed E-state index contributed by atoms with van der Waals surface area (Å²) in [6.45, 7) is 2.48. The molecular formula is C9H12F3NO4. The molecule has 1 N–H and O–H groups in total. The molecule has 0 spiro atoms. The van der Waals surface area contributed by atoms with Crippen molar-refractivity contribution in [1.82, 2.24) is 5.32 Å². The summed E-state index contributed by atoms with van der Waals surface area (Å²) in [5.41, 5.74) is 0. The van der Waals surface area contributed by atoms with Gasteiger partial charge in [-0.2, -0.15) is 13.2 Å². The molecule has 0 heterocycles. The number of hydrogen-bond acceptors (Lipinski definition) is 4. The Morgan fingerprint density at radius 2 is 1.82 bits per heavy atom. The highest BCUT2D eigenvalue weighted by Crippen LogP contribution is 2.15. The maximum atomic E-state index is 11.9. The minimum absolute atomic E-state index is 0.0604. The van der Waals surface area contributed by atoms with Crippen LogP contribution in [0.5, 0.6) is 0 Å². The lowest BCUT2D eigenvalue weighted by molar-refractivity contribution is -0.176. The minimum atomic E-state index is -5.11. The highest BCUT2D eigenvalue weighted by atomic mass is 19.4. The minimum Gasteiger partial charge on any atom is -0.464 e. The van der Waals surface area contributed by atoms with Crippen molar-refractivity contribution in [2.24, 2.45) is 0 Å². The number of carbonyl (C=O) groups excluding carboxylic acids is 3. The van der Waals surface area contributed by atoms with Crippen LogP contribution in [0.4, 0.5) is 13.2 Å². The van der Waals surface area contributed by atoms with E-state index in [1.54, 1.807) is 0 Å². The molecule has 0 fully saturated rings. The fraction of sp³-hybridized carbons (Fsp3) is 0.667. The predicted octanol–water partition coefficient (Wildman–Crippen LogP) is 0.576. The van der Waals surface area contributed by atoms with Crippen LogP contribution in [0.25, 0.3) is 0 Å². The lowest BCUT2D eigenvalue weighted by Crippen LogP contribution is -2.48. The van der Waals surface area contributed by atoms with E-state index < -0.39 is 36.3 Å². The molecule has 0 aliphatic rings. The SMILES string of the molecule is CCOC(=O)[C@@H](CC(C)=O)NC(=O)C(F)(F)F. The third kappa shape index (κ3) is 5.88. The summed E-state index contributed by atoms with van der Waals surface area (Å²) in [6.07, 6.45) is -5.65. The topological polar surface area (TPSA) is 72.5 Å². The van der Waals surface area contributed by atoms with Gasteiger partial charge in [-0.1, -0.05) is 0 Å². The van der Waals surface area contributed by atoms with Crippen LogP contribution in [0.2, 0.25) is 0 Å². The molecule has 98 valence electrons. The largest absolute Gasteiger partial charge is 0.471 e. The molecule has 0 unspecified atom stereocenters. The second kappa shape index (κ2) is 6.21. The van der Waals surface area contributed by atoms with Gasteiger partial charge >= 0.3 is 18.1 Å². The van der Waals surface area contributed by atoms with E-state index in [4.69, 9.17) is 0 Å². The van der Waals surface area contributed by atoms with Crippen molar-refractivity contribution in [2.75, 3.05) is 6.61 Å². The molecule has 0 aliphatic heterocycles. The van der Waals surface area contributed by atoms with E-state index in [2.05, 4.69) is 4.74 Å². The Kier molecular flexibility index (Phi) is 5.63. The third-order valence-electron chi connectivity index (χ3n) is 1.63.